The number of benzene rings is 1. The molecule has 1 saturated heterocycles. The minimum Gasteiger partial charge on any atom is -0.351 e. The number of aromatic amines is 1. The van der Waals surface area contributed by atoms with Crippen LogP contribution in [0.2, 0.25) is 0 Å². The third kappa shape index (κ3) is 4.61. The van der Waals surface area contributed by atoms with Crippen molar-refractivity contribution in [2.24, 2.45) is 11.8 Å². The Morgan fingerprint density at radius 2 is 1.81 bits per heavy atom. The van der Waals surface area contributed by atoms with Gasteiger partial charge in [0.05, 0.1) is 0 Å². The van der Waals surface area contributed by atoms with Crippen LogP contribution in [-0.4, -0.2) is 42.0 Å². The summed E-state index contributed by atoms with van der Waals surface area (Å²) in [6, 6.07) is 13.0. The number of likely N-dealkylation sites (tertiary alicyclic amines) is 1. The van der Waals surface area contributed by atoms with Crippen LogP contribution in [0.25, 0.3) is 11.3 Å². The molecule has 0 saturated carbocycles. The average Bonchev–Trinajstić information content (AvgIpc) is 2.61. The van der Waals surface area contributed by atoms with Crippen LogP contribution in [-0.2, 0) is 0 Å². The highest BCUT2D eigenvalue weighted by molar-refractivity contribution is 5.94. The Hall–Kier alpha value is -2.40. The van der Waals surface area contributed by atoms with E-state index in [0.717, 1.165) is 25.2 Å². The molecule has 2 heterocycles. The Morgan fingerprint density at radius 3 is 2.46 bits per heavy atom. The van der Waals surface area contributed by atoms with Crippen molar-refractivity contribution in [3.63, 3.8) is 0 Å². The van der Waals surface area contributed by atoms with Gasteiger partial charge < -0.3 is 15.2 Å². The zero-order chi connectivity index (χ0) is 18.5. The molecule has 26 heavy (non-hydrogen) atoms. The Bertz CT molecular complexity index is 790. The minimum atomic E-state index is -0.357. The molecule has 1 aromatic carbocycles. The highest BCUT2D eigenvalue weighted by Crippen LogP contribution is 2.20. The number of nitrogens with zero attached hydrogens (tertiary/aromatic N) is 1. The van der Waals surface area contributed by atoms with E-state index in [2.05, 4.69) is 29.0 Å². The Labute approximate surface area is 154 Å². The predicted molar refractivity (Wildman–Crippen MR) is 104 cm³/mol. The maximum absolute atomic E-state index is 12.3. The lowest BCUT2D eigenvalue weighted by atomic mass is 9.92. The molecule has 1 aliphatic heterocycles. The molecule has 0 bridgehead atoms. The SMILES string of the molecule is CC1CC(C)CN(CCNC(=O)c2ccc(-c3ccccc3)[nH]c2=O)C1. The zero-order valence-corrected chi connectivity index (χ0v) is 15.5. The lowest BCUT2D eigenvalue weighted by molar-refractivity contribution is 0.0935. The van der Waals surface area contributed by atoms with Crippen molar-refractivity contribution in [3.05, 3.63) is 58.4 Å². The minimum absolute atomic E-state index is 0.157. The number of piperidine rings is 1. The summed E-state index contributed by atoms with van der Waals surface area (Å²) < 4.78 is 0. The van der Waals surface area contributed by atoms with Crippen LogP contribution >= 0.6 is 0 Å². The maximum atomic E-state index is 12.3. The van der Waals surface area contributed by atoms with Crippen LogP contribution < -0.4 is 10.9 Å². The molecule has 1 aromatic heterocycles. The average molecular weight is 353 g/mol. The first-order valence-corrected chi connectivity index (χ1v) is 9.32. The first-order valence-electron chi connectivity index (χ1n) is 9.32. The van der Waals surface area contributed by atoms with Crippen LogP contribution in [0.1, 0.15) is 30.6 Å². The molecule has 5 nitrogen and oxygen atoms in total. The van der Waals surface area contributed by atoms with Gasteiger partial charge in [-0.15, -0.1) is 0 Å². The summed E-state index contributed by atoms with van der Waals surface area (Å²) in [5, 5.41) is 2.88. The van der Waals surface area contributed by atoms with E-state index in [0.29, 0.717) is 24.1 Å². The smallest absolute Gasteiger partial charge is 0.261 e. The van der Waals surface area contributed by atoms with Gasteiger partial charge in [-0.2, -0.15) is 0 Å². The quantitative estimate of drug-likeness (QED) is 0.869. The van der Waals surface area contributed by atoms with Crippen molar-refractivity contribution >= 4 is 5.91 Å². The summed E-state index contributed by atoms with van der Waals surface area (Å²) in [6.07, 6.45) is 1.27. The van der Waals surface area contributed by atoms with Gasteiger partial charge in [0.25, 0.3) is 11.5 Å². The third-order valence-corrected chi connectivity index (χ3v) is 4.90. The van der Waals surface area contributed by atoms with Gasteiger partial charge in [-0.25, -0.2) is 0 Å². The molecule has 138 valence electrons. The monoisotopic (exact) mass is 353 g/mol. The van der Waals surface area contributed by atoms with Gasteiger partial charge in [-0.3, -0.25) is 9.59 Å². The number of carbonyl (C=O) groups excluding carboxylic acids is 1. The van der Waals surface area contributed by atoms with E-state index < -0.39 is 0 Å². The summed E-state index contributed by atoms with van der Waals surface area (Å²) in [5.41, 5.74) is 1.43. The summed E-state index contributed by atoms with van der Waals surface area (Å²) in [7, 11) is 0. The number of hydrogen-bond acceptors (Lipinski definition) is 3. The second kappa shape index (κ2) is 8.32. The molecule has 2 aromatic rings. The molecule has 1 fully saturated rings. The first-order chi connectivity index (χ1) is 12.5. The molecule has 0 spiro atoms. The number of aromatic nitrogens is 1. The predicted octanol–water partition coefficient (Wildman–Crippen LogP) is 2.75. The van der Waals surface area contributed by atoms with E-state index in [-0.39, 0.29) is 17.0 Å². The molecule has 1 amide bonds. The Balaban J connectivity index is 1.57. The van der Waals surface area contributed by atoms with Crippen LogP contribution in [0.5, 0.6) is 0 Å². The molecule has 2 unspecified atom stereocenters. The number of nitrogens with one attached hydrogen (secondary N) is 2. The van der Waals surface area contributed by atoms with E-state index in [9.17, 15) is 9.59 Å². The summed E-state index contributed by atoms with van der Waals surface area (Å²) in [4.78, 5) is 29.8. The molecule has 0 aliphatic carbocycles. The normalized spacial score (nSPS) is 20.7. The van der Waals surface area contributed by atoms with Crippen molar-refractivity contribution in [2.45, 2.75) is 20.3 Å². The summed E-state index contributed by atoms with van der Waals surface area (Å²) in [6.45, 7) is 8.07. The highest BCUT2D eigenvalue weighted by Gasteiger charge is 2.21. The molecule has 2 atom stereocenters. The number of H-pyrrole nitrogens is 1. The van der Waals surface area contributed by atoms with Crippen molar-refractivity contribution in [2.75, 3.05) is 26.2 Å². The Morgan fingerprint density at radius 1 is 1.12 bits per heavy atom. The molecule has 5 heteroatoms. The fourth-order valence-electron chi connectivity index (χ4n) is 3.84. The van der Waals surface area contributed by atoms with Crippen LogP contribution in [0.3, 0.4) is 0 Å². The molecule has 3 rings (SSSR count). The van der Waals surface area contributed by atoms with Gasteiger partial charge in [0.2, 0.25) is 0 Å². The largest absolute Gasteiger partial charge is 0.351 e. The number of hydrogen-bond donors (Lipinski definition) is 2. The lowest BCUT2D eigenvalue weighted by Gasteiger charge is -2.34. The highest BCUT2D eigenvalue weighted by atomic mass is 16.2. The van der Waals surface area contributed by atoms with Gasteiger partial charge in [0.1, 0.15) is 5.56 Å². The topological polar surface area (TPSA) is 65.2 Å². The van der Waals surface area contributed by atoms with Crippen molar-refractivity contribution < 1.29 is 4.79 Å². The van der Waals surface area contributed by atoms with Crippen LogP contribution in [0, 0.1) is 11.8 Å². The lowest BCUT2D eigenvalue weighted by Crippen LogP contribution is -2.43. The van der Waals surface area contributed by atoms with Crippen LogP contribution in [0.15, 0.2) is 47.3 Å². The van der Waals surface area contributed by atoms with Gasteiger partial charge in [0, 0.05) is 31.9 Å². The van der Waals surface area contributed by atoms with Gasteiger partial charge in [-0.1, -0.05) is 44.2 Å². The van der Waals surface area contributed by atoms with Gasteiger partial charge in [-0.05, 0) is 36.0 Å². The fourth-order valence-corrected chi connectivity index (χ4v) is 3.84. The van der Waals surface area contributed by atoms with Gasteiger partial charge in [0.15, 0.2) is 0 Å². The molecule has 2 N–H and O–H groups in total. The zero-order valence-electron chi connectivity index (χ0n) is 15.5. The fraction of sp³-hybridized carbons (Fsp3) is 0.429. The van der Waals surface area contributed by atoms with Crippen LogP contribution in [0.4, 0.5) is 0 Å². The second-order valence-electron chi connectivity index (χ2n) is 7.44. The number of rotatable bonds is 5. The standard InChI is InChI=1S/C21H27N3O2/c1-15-12-16(2)14-24(13-15)11-10-22-20(25)18-8-9-19(23-21(18)26)17-6-4-3-5-7-17/h3-9,15-16H,10-14H2,1-2H3,(H,22,25)(H,23,26). The first kappa shape index (κ1) is 18.4. The number of amides is 1. The van der Waals surface area contributed by atoms with E-state index in [1.54, 1.807) is 12.1 Å². The van der Waals surface area contributed by atoms with Crippen molar-refractivity contribution in [1.82, 2.24) is 15.2 Å². The van der Waals surface area contributed by atoms with E-state index in [4.69, 9.17) is 0 Å². The van der Waals surface area contributed by atoms with Gasteiger partial charge >= 0.3 is 0 Å². The summed E-state index contributed by atoms with van der Waals surface area (Å²) >= 11 is 0. The Kier molecular flexibility index (Phi) is 5.89. The molecule has 1 aliphatic rings. The second-order valence-corrected chi connectivity index (χ2v) is 7.44. The number of pyridine rings is 1. The summed E-state index contributed by atoms with van der Waals surface area (Å²) in [5.74, 6) is 1.08. The van der Waals surface area contributed by atoms with E-state index in [1.165, 1.54) is 6.42 Å². The third-order valence-electron chi connectivity index (χ3n) is 4.90. The van der Waals surface area contributed by atoms with Crippen molar-refractivity contribution in [3.8, 4) is 11.3 Å². The molecular weight excluding hydrogens is 326 g/mol. The number of carbonyl (C=O) groups is 1. The maximum Gasteiger partial charge on any atom is 0.261 e. The van der Waals surface area contributed by atoms with E-state index in [1.807, 2.05) is 30.3 Å². The molecule has 0 radical (unpaired) electrons. The molecular formula is C21H27N3O2. The van der Waals surface area contributed by atoms with Crippen molar-refractivity contribution in [1.29, 1.82) is 0 Å². The van der Waals surface area contributed by atoms with E-state index >= 15 is 0 Å².